The first-order chi connectivity index (χ1) is 11.8. The number of hydrogen-bond donors (Lipinski definition) is 0. The van der Waals surface area contributed by atoms with Crippen LogP contribution in [0.4, 0.5) is 4.39 Å². The summed E-state index contributed by atoms with van der Waals surface area (Å²) in [6.07, 6.45) is 0. The zero-order chi connectivity index (χ0) is 18.6. The Kier molecular flexibility index (Phi) is 5.86. The lowest BCUT2D eigenvalue weighted by Gasteiger charge is -2.11. The first-order valence-corrected chi connectivity index (χ1v) is 8.81. The summed E-state index contributed by atoms with van der Waals surface area (Å²) in [4.78, 5) is 11.0. The molecule has 134 valence electrons. The van der Waals surface area contributed by atoms with Crippen LogP contribution in [-0.4, -0.2) is 28.1 Å². The fourth-order valence-corrected chi connectivity index (χ4v) is 3.14. The van der Waals surface area contributed by atoms with Gasteiger partial charge in [0.2, 0.25) is 0 Å². The third-order valence-electron chi connectivity index (χ3n) is 3.03. The van der Waals surface area contributed by atoms with Gasteiger partial charge in [-0.2, -0.15) is 8.42 Å². The van der Waals surface area contributed by atoms with Crippen molar-refractivity contribution in [2.45, 2.75) is 11.8 Å². The number of rotatable bonds is 6. The molecule has 0 bridgehead atoms. The Morgan fingerprint density at radius 3 is 2.52 bits per heavy atom. The van der Waals surface area contributed by atoms with Crippen LogP contribution in [-0.2, 0) is 14.9 Å². The standard InChI is InChI=1S/C16H14ClFO6S/c1-3-23-16(19)12-8-15(14(18)9-13(12)17)25(20,21)24-11-6-4-5-10(7-11)22-2/h4-9H,3H2,1-2H3. The van der Waals surface area contributed by atoms with Crippen molar-refractivity contribution in [1.82, 2.24) is 0 Å². The number of halogens is 2. The van der Waals surface area contributed by atoms with Crippen LogP contribution >= 0.6 is 11.6 Å². The van der Waals surface area contributed by atoms with Gasteiger partial charge in [0.25, 0.3) is 0 Å². The highest BCUT2D eigenvalue weighted by Gasteiger charge is 2.26. The molecule has 0 aliphatic rings. The molecule has 0 amide bonds. The average molecular weight is 389 g/mol. The van der Waals surface area contributed by atoms with Crippen molar-refractivity contribution in [3.63, 3.8) is 0 Å². The molecule has 0 saturated carbocycles. The summed E-state index contributed by atoms with van der Waals surface area (Å²) in [6.45, 7) is 1.62. The van der Waals surface area contributed by atoms with E-state index in [9.17, 15) is 17.6 Å². The highest BCUT2D eigenvalue weighted by molar-refractivity contribution is 7.87. The van der Waals surface area contributed by atoms with E-state index in [1.165, 1.54) is 25.3 Å². The van der Waals surface area contributed by atoms with E-state index < -0.39 is 26.8 Å². The molecule has 0 atom stereocenters. The maximum atomic E-state index is 14.1. The Labute approximate surface area is 149 Å². The van der Waals surface area contributed by atoms with E-state index in [2.05, 4.69) is 0 Å². The smallest absolute Gasteiger partial charge is 0.342 e. The first kappa shape index (κ1) is 19.0. The summed E-state index contributed by atoms with van der Waals surface area (Å²) in [6, 6.07) is 7.27. The third kappa shape index (κ3) is 4.40. The van der Waals surface area contributed by atoms with Crippen LogP contribution in [0, 0.1) is 5.82 Å². The van der Waals surface area contributed by atoms with Crippen molar-refractivity contribution < 1.29 is 31.3 Å². The third-order valence-corrected chi connectivity index (χ3v) is 4.61. The first-order valence-electron chi connectivity index (χ1n) is 7.03. The molecule has 6 nitrogen and oxygen atoms in total. The van der Waals surface area contributed by atoms with Gasteiger partial charge in [0, 0.05) is 6.07 Å². The predicted octanol–water partition coefficient (Wildman–Crippen LogP) is 3.43. The highest BCUT2D eigenvalue weighted by Crippen LogP contribution is 2.28. The molecule has 0 aromatic heterocycles. The molecule has 2 aromatic carbocycles. The van der Waals surface area contributed by atoms with Gasteiger partial charge in [-0.05, 0) is 31.2 Å². The largest absolute Gasteiger partial charge is 0.497 e. The van der Waals surface area contributed by atoms with Crippen LogP contribution in [0.1, 0.15) is 17.3 Å². The Bertz CT molecular complexity index is 897. The molecule has 0 saturated heterocycles. The maximum absolute atomic E-state index is 14.1. The monoisotopic (exact) mass is 388 g/mol. The predicted molar refractivity (Wildman–Crippen MR) is 88.2 cm³/mol. The van der Waals surface area contributed by atoms with E-state index in [1.807, 2.05) is 0 Å². The highest BCUT2D eigenvalue weighted by atomic mass is 35.5. The Hall–Kier alpha value is -2.32. The second-order valence-electron chi connectivity index (χ2n) is 4.70. The van der Waals surface area contributed by atoms with E-state index in [1.54, 1.807) is 13.0 Å². The molecule has 0 fully saturated rings. The van der Waals surface area contributed by atoms with Crippen LogP contribution in [0.2, 0.25) is 5.02 Å². The van der Waals surface area contributed by atoms with Gasteiger partial charge in [-0.15, -0.1) is 0 Å². The number of benzene rings is 2. The van der Waals surface area contributed by atoms with Gasteiger partial charge in [-0.3, -0.25) is 0 Å². The van der Waals surface area contributed by atoms with Crippen LogP contribution in [0.25, 0.3) is 0 Å². The summed E-state index contributed by atoms with van der Waals surface area (Å²) in [5, 5.41) is -0.267. The zero-order valence-corrected chi connectivity index (χ0v) is 14.9. The molecular formula is C16H14ClFO6S. The lowest BCUT2D eigenvalue weighted by molar-refractivity contribution is 0.0526. The molecule has 9 heteroatoms. The van der Waals surface area contributed by atoms with Crippen molar-refractivity contribution in [1.29, 1.82) is 0 Å². The van der Waals surface area contributed by atoms with Gasteiger partial charge in [0.15, 0.2) is 0 Å². The molecule has 2 rings (SSSR count). The van der Waals surface area contributed by atoms with E-state index in [-0.39, 0.29) is 22.9 Å². The Morgan fingerprint density at radius 2 is 1.88 bits per heavy atom. The number of ether oxygens (including phenoxy) is 2. The fourth-order valence-electron chi connectivity index (χ4n) is 1.91. The lowest BCUT2D eigenvalue weighted by atomic mass is 10.2. The van der Waals surface area contributed by atoms with Crippen LogP contribution < -0.4 is 8.92 Å². The minimum Gasteiger partial charge on any atom is -0.497 e. The van der Waals surface area contributed by atoms with Gasteiger partial charge in [-0.25, -0.2) is 9.18 Å². The number of esters is 1. The molecule has 2 aromatic rings. The normalized spacial score (nSPS) is 11.0. The minimum atomic E-state index is -4.55. The molecule has 25 heavy (non-hydrogen) atoms. The maximum Gasteiger partial charge on any atom is 0.342 e. The number of hydrogen-bond acceptors (Lipinski definition) is 6. The second-order valence-corrected chi connectivity index (χ2v) is 6.62. The van der Waals surface area contributed by atoms with Crippen molar-refractivity contribution in [3.8, 4) is 11.5 Å². The Morgan fingerprint density at radius 1 is 1.20 bits per heavy atom. The van der Waals surface area contributed by atoms with Gasteiger partial charge in [0.05, 0.1) is 24.3 Å². The molecule has 0 radical (unpaired) electrons. The SMILES string of the molecule is CCOC(=O)c1cc(S(=O)(=O)Oc2cccc(OC)c2)c(F)cc1Cl. The quantitative estimate of drug-likeness (QED) is 0.557. The summed E-state index contributed by atoms with van der Waals surface area (Å²) in [7, 11) is -3.15. The Balaban J connectivity index is 2.44. The zero-order valence-electron chi connectivity index (χ0n) is 13.3. The van der Waals surface area contributed by atoms with Gasteiger partial charge in [-0.1, -0.05) is 17.7 Å². The lowest BCUT2D eigenvalue weighted by Crippen LogP contribution is -2.14. The summed E-state index contributed by atoms with van der Waals surface area (Å²) < 4.78 is 53.5. The molecule has 0 unspecified atom stereocenters. The molecule has 0 aliphatic carbocycles. The minimum absolute atomic E-state index is 0.0505. The second kappa shape index (κ2) is 7.71. The van der Waals surface area contributed by atoms with E-state index in [0.717, 1.165) is 12.1 Å². The van der Waals surface area contributed by atoms with Crippen molar-refractivity contribution in [2.24, 2.45) is 0 Å². The van der Waals surface area contributed by atoms with Gasteiger partial charge < -0.3 is 13.7 Å². The van der Waals surface area contributed by atoms with E-state index in [4.69, 9.17) is 25.3 Å². The van der Waals surface area contributed by atoms with Gasteiger partial charge >= 0.3 is 16.1 Å². The summed E-state index contributed by atoms with van der Waals surface area (Å²) >= 11 is 5.79. The summed E-state index contributed by atoms with van der Waals surface area (Å²) in [5.41, 5.74) is -0.280. The number of carbonyl (C=O) groups is 1. The number of carbonyl (C=O) groups excluding carboxylic acids is 1. The van der Waals surface area contributed by atoms with Crippen LogP contribution in [0.15, 0.2) is 41.3 Å². The van der Waals surface area contributed by atoms with Crippen LogP contribution in [0.3, 0.4) is 0 Å². The fraction of sp³-hybridized carbons (Fsp3) is 0.188. The molecule has 0 heterocycles. The van der Waals surface area contributed by atoms with Crippen molar-refractivity contribution >= 4 is 27.7 Å². The van der Waals surface area contributed by atoms with Gasteiger partial charge in [0.1, 0.15) is 22.2 Å². The molecule has 0 spiro atoms. The van der Waals surface area contributed by atoms with Crippen molar-refractivity contribution in [3.05, 3.63) is 52.8 Å². The summed E-state index contributed by atoms with van der Waals surface area (Å²) in [5.74, 6) is -1.74. The van der Waals surface area contributed by atoms with Crippen molar-refractivity contribution in [2.75, 3.05) is 13.7 Å². The van der Waals surface area contributed by atoms with E-state index in [0.29, 0.717) is 5.75 Å². The molecule has 0 N–H and O–H groups in total. The molecular weight excluding hydrogens is 375 g/mol. The topological polar surface area (TPSA) is 78.9 Å². The average Bonchev–Trinajstić information content (AvgIpc) is 2.54. The van der Waals surface area contributed by atoms with E-state index >= 15 is 0 Å². The van der Waals surface area contributed by atoms with Crippen LogP contribution in [0.5, 0.6) is 11.5 Å². The molecule has 0 aliphatic heterocycles. The number of methoxy groups -OCH3 is 1.